The molecule has 60 valence electrons. The van der Waals surface area contributed by atoms with Crippen LogP contribution < -0.4 is 16.0 Å². The number of carbonyl (C=O) groups excluding carboxylic acids is 2. The van der Waals surface area contributed by atoms with Gasteiger partial charge in [-0.25, -0.2) is 9.59 Å². The van der Waals surface area contributed by atoms with Crippen LogP contribution in [-0.4, -0.2) is 36.3 Å². The maximum Gasteiger partial charge on any atom is 0.320 e. The van der Waals surface area contributed by atoms with Gasteiger partial charge in [-0.1, -0.05) is 0 Å². The molecule has 0 aromatic carbocycles. The van der Waals surface area contributed by atoms with E-state index in [1.54, 1.807) is 7.05 Å². The summed E-state index contributed by atoms with van der Waals surface area (Å²) < 4.78 is 0. The predicted molar refractivity (Wildman–Crippen MR) is 35.5 cm³/mol. The molecule has 0 radical (unpaired) electrons. The lowest BCUT2D eigenvalue weighted by molar-refractivity contribution is 0.210. The Labute approximate surface area is 62.9 Å². The average molecular weight is 156 g/mol. The molecular weight excluding hydrogens is 148 g/mol. The molecule has 11 heavy (non-hydrogen) atoms. The number of likely N-dealkylation sites (N-methyl/N-ethyl adjacent to an activating group) is 1. The molecule has 0 saturated carbocycles. The zero-order valence-electron chi connectivity index (χ0n) is 5.92. The fraction of sp³-hybridized carbons (Fsp3) is 0.600. The van der Waals surface area contributed by atoms with Crippen molar-refractivity contribution >= 4 is 12.1 Å². The van der Waals surface area contributed by atoms with Gasteiger partial charge >= 0.3 is 12.1 Å². The molecule has 2 aliphatic rings. The van der Waals surface area contributed by atoms with E-state index in [-0.39, 0.29) is 24.4 Å². The molecule has 3 N–H and O–H groups in total. The summed E-state index contributed by atoms with van der Waals surface area (Å²) in [5.41, 5.74) is 0. The van der Waals surface area contributed by atoms with Crippen LogP contribution in [0.3, 0.4) is 0 Å². The van der Waals surface area contributed by atoms with E-state index < -0.39 is 0 Å². The van der Waals surface area contributed by atoms with Crippen LogP contribution in [0.5, 0.6) is 0 Å². The van der Waals surface area contributed by atoms with Crippen molar-refractivity contribution in [3.05, 3.63) is 0 Å². The van der Waals surface area contributed by atoms with Crippen LogP contribution in [0.15, 0.2) is 0 Å². The van der Waals surface area contributed by atoms with Crippen LogP contribution >= 0.6 is 0 Å². The summed E-state index contributed by atoms with van der Waals surface area (Å²) in [5.74, 6) is 0. The largest absolute Gasteiger partial charge is 0.320 e. The lowest BCUT2D eigenvalue weighted by Gasteiger charge is -2.14. The Hall–Kier alpha value is -1.46. The number of nitrogens with zero attached hydrogens (tertiary/aromatic N) is 1. The molecule has 2 atom stereocenters. The van der Waals surface area contributed by atoms with Crippen molar-refractivity contribution in [2.75, 3.05) is 7.05 Å². The van der Waals surface area contributed by atoms with Crippen LogP contribution in [-0.2, 0) is 0 Å². The van der Waals surface area contributed by atoms with Crippen LogP contribution in [0.1, 0.15) is 0 Å². The van der Waals surface area contributed by atoms with Gasteiger partial charge in [0.15, 0.2) is 0 Å². The van der Waals surface area contributed by atoms with E-state index in [2.05, 4.69) is 16.0 Å². The summed E-state index contributed by atoms with van der Waals surface area (Å²) >= 11 is 0. The first-order valence-corrected chi connectivity index (χ1v) is 3.29. The predicted octanol–water partition coefficient (Wildman–Crippen LogP) is -1.39. The number of urea groups is 2. The Morgan fingerprint density at radius 3 is 2.64 bits per heavy atom. The van der Waals surface area contributed by atoms with Gasteiger partial charge in [-0.3, -0.25) is 0 Å². The Balaban J connectivity index is 2.19. The maximum absolute atomic E-state index is 10.9. The number of rotatable bonds is 0. The monoisotopic (exact) mass is 156 g/mol. The number of nitrogens with one attached hydrogen (secondary N) is 3. The lowest BCUT2D eigenvalue weighted by atomic mass is 10.4. The standard InChI is InChI=1S/C5H8N4O2/c1-9-3-2(7-5(9)11)6-4(10)8-3/h2-3H,1H3,(H,7,11)(H2,6,8,10)/t2-,3-/m1/s1. The highest BCUT2D eigenvalue weighted by Crippen LogP contribution is 2.10. The SMILES string of the molecule is CN1C(=O)N[C@H]2NC(=O)N[C@@H]21. The van der Waals surface area contributed by atoms with Gasteiger partial charge in [-0.05, 0) is 0 Å². The van der Waals surface area contributed by atoms with Crippen LogP contribution in [0.4, 0.5) is 9.59 Å². The first-order valence-electron chi connectivity index (χ1n) is 3.29. The quantitative estimate of drug-likeness (QED) is 0.404. The summed E-state index contributed by atoms with van der Waals surface area (Å²) in [7, 11) is 1.63. The molecule has 2 aliphatic heterocycles. The molecule has 6 nitrogen and oxygen atoms in total. The fourth-order valence-electron chi connectivity index (χ4n) is 1.28. The fourth-order valence-corrected chi connectivity index (χ4v) is 1.28. The first kappa shape index (κ1) is 6.26. The van der Waals surface area contributed by atoms with Crippen molar-refractivity contribution in [2.24, 2.45) is 0 Å². The summed E-state index contributed by atoms with van der Waals surface area (Å²) in [6.07, 6.45) is -0.519. The van der Waals surface area contributed by atoms with Gasteiger partial charge in [0.1, 0.15) is 12.3 Å². The smallest absolute Gasteiger partial charge is 0.314 e. The van der Waals surface area contributed by atoms with Gasteiger partial charge in [0.25, 0.3) is 0 Å². The van der Waals surface area contributed by atoms with E-state index in [1.165, 1.54) is 4.90 Å². The zero-order valence-corrected chi connectivity index (χ0v) is 5.92. The van der Waals surface area contributed by atoms with E-state index in [9.17, 15) is 9.59 Å². The normalized spacial score (nSPS) is 34.5. The van der Waals surface area contributed by atoms with Crippen molar-refractivity contribution in [1.82, 2.24) is 20.9 Å². The Morgan fingerprint density at radius 2 is 2.00 bits per heavy atom. The van der Waals surface area contributed by atoms with Crippen molar-refractivity contribution < 1.29 is 9.59 Å². The number of hydrogen-bond donors (Lipinski definition) is 3. The molecule has 0 unspecified atom stereocenters. The average Bonchev–Trinajstić information content (AvgIpc) is 2.37. The maximum atomic E-state index is 10.9. The van der Waals surface area contributed by atoms with Crippen LogP contribution in [0, 0.1) is 0 Å². The van der Waals surface area contributed by atoms with Crippen molar-refractivity contribution in [3.8, 4) is 0 Å². The molecule has 0 spiro atoms. The minimum Gasteiger partial charge on any atom is -0.314 e. The van der Waals surface area contributed by atoms with Crippen molar-refractivity contribution in [1.29, 1.82) is 0 Å². The first-order chi connectivity index (χ1) is 5.18. The van der Waals surface area contributed by atoms with E-state index in [0.717, 1.165) is 0 Å². The third-order valence-electron chi connectivity index (χ3n) is 1.90. The molecule has 2 saturated heterocycles. The number of amides is 4. The number of hydrogen-bond acceptors (Lipinski definition) is 2. The van der Waals surface area contributed by atoms with Gasteiger partial charge < -0.3 is 20.9 Å². The summed E-state index contributed by atoms with van der Waals surface area (Å²) in [6.45, 7) is 0. The highest BCUT2D eigenvalue weighted by molar-refractivity contribution is 5.84. The molecule has 2 rings (SSSR count). The molecule has 0 aromatic heterocycles. The Kier molecular flexibility index (Phi) is 1.01. The van der Waals surface area contributed by atoms with Crippen molar-refractivity contribution in [2.45, 2.75) is 12.3 Å². The summed E-state index contributed by atoms with van der Waals surface area (Å²) in [6, 6.07) is -0.417. The molecule has 0 bridgehead atoms. The van der Waals surface area contributed by atoms with E-state index in [1.807, 2.05) is 0 Å². The summed E-state index contributed by atoms with van der Waals surface area (Å²) in [5, 5.41) is 7.73. The topological polar surface area (TPSA) is 73.5 Å². The second kappa shape index (κ2) is 1.77. The van der Waals surface area contributed by atoms with Gasteiger partial charge in [0.05, 0.1) is 0 Å². The molecule has 6 heteroatoms. The van der Waals surface area contributed by atoms with Gasteiger partial charge in [0.2, 0.25) is 0 Å². The second-order valence-corrected chi connectivity index (χ2v) is 2.60. The third-order valence-corrected chi connectivity index (χ3v) is 1.90. The second-order valence-electron chi connectivity index (χ2n) is 2.60. The molecule has 2 heterocycles. The third kappa shape index (κ3) is 0.719. The van der Waals surface area contributed by atoms with Crippen LogP contribution in [0.25, 0.3) is 0 Å². The van der Waals surface area contributed by atoms with E-state index in [0.29, 0.717) is 0 Å². The van der Waals surface area contributed by atoms with E-state index >= 15 is 0 Å². The molecule has 0 aliphatic carbocycles. The molecule has 4 amide bonds. The molecular formula is C5H8N4O2. The Morgan fingerprint density at radius 1 is 1.27 bits per heavy atom. The van der Waals surface area contributed by atoms with Gasteiger partial charge in [-0.2, -0.15) is 0 Å². The molecule has 0 aromatic rings. The van der Waals surface area contributed by atoms with Gasteiger partial charge in [0, 0.05) is 7.05 Å². The van der Waals surface area contributed by atoms with Crippen LogP contribution in [0.2, 0.25) is 0 Å². The Bertz CT molecular complexity index is 229. The van der Waals surface area contributed by atoms with Gasteiger partial charge in [-0.15, -0.1) is 0 Å². The number of fused-ring (bicyclic) bond motifs is 1. The minimum atomic E-state index is -0.278. The highest BCUT2D eigenvalue weighted by atomic mass is 16.2. The molecule has 2 fully saturated rings. The van der Waals surface area contributed by atoms with Crippen molar-refractivity contribution in [3.63, 3.8) is 0 Å². The number of carbonyl (C=O) groups is 2. The van der Waals surface area contributed by atoms with E-state index in [4.69, 9.17) is 0 Å². The highest BCUT2D eigenvalue weighted by Gasteiger charge is 2.43. The minimum absolute atomic E-state index is 0.174. The lowest BCUT2D eigenvalue weighted by Crippen LogP contribution is -2.40. The zero-order chi connectivity index (χ0) is 8.01. The summed E-state index contributed by atoms with van der Waals surface area (Å²) in [4.78, 5) is 23.1.